The number of Topliss-reactive ketones (excluding diaryl/α,β-unsaturated/α-hetero) is 1. The Morgan fingerprint density at radius 1 is 1.32 bits per heavy atom. The van der Waals surface area contributed by atoms with E-state index in [2.05, 4.69) is 24.0 Å². The molecule has 2 N–H and O–H groups in total. The van der Waals surface area contributed by atoms with Gasteiger partial charge in [0.25, 0.3) is 0 Å². The molecule has 4 heteroatoms. The Morgan fingerprint density at radius 2 is 2.11 bits per heavy atom. The number of aromatic amines is 1. The number of carbonyl (C=O) groups excluding carboxylic acids is 1. The maximum Gasteiger partial charge on any atom is 0.167 e. The molecule has 2 aromatic rings. The number of nitrogens with zero attached hydrogens (tertiary/aromatic N) is 1. The van der Waals surface area contributed by atoms with Crippen LogP contribution in [0.15, 0.2) is 24.3 Å². The number of benzene rings is 1. The van der Waals surface area contributed by atoms with Crippen LogP contribution in [-0.4, -0.2) is 21.1 Å². The minimum atomic E-state index is -0.0211. The van der Waals surface area contributed by atoms with E-state index < -0.39 is 0 Å². The first-order valence-electron chi connectivity index (χ1n) is 6.36. The van der Waals surface area contributed by atoms with E-state index in [0.29, 0.717) is 17.7 Å². The van der Waals surface area contributed by atoms with Gasteiger partial charge in [0.15, 0.2) is 5.78 Å². The van der Waals surface area contributed by atoms with Crippen molar-refractivity contribution in [3.05, 3.63) is 35.5 Å². The van der Waals surface area contributed by atoms with Crippen molar-refractivity contribution in [2.45, 2.75) is 26.7 Å². The fourth-order valence-corrected chi connectivity index (χ4v) is 2.73. The van der Waals surface area contributed by atoms with Gasteiger partial charge in [0.05, 0.1) is 5.56 Å². The third-order valence-corrected chi connectivity index (χ3v) is 3.53. The van der Waals surface area contributed by atoms with Gasteiger partial charge in [-0.05, 0) is 24.0 Å². The Morgan fingerprint density at radius 3 is 2.84 bits per heavy atom. The predicted octanol–water partition coefficient (Wildman–Crippen LogP) is 2.94. The Bertz CT molecular complexity index is 656. The van der Waals surface area contributed by atoms with Crippen molar-refractivity contribution in [2.75, 3.05) is 0 Å². The van der Waals surface area contributed by atoms with Crippen LogP contribution in [0.4, 0.5) is 0 Å². The standard InChI is InChI=1S/C15H16N2O2/c1-15(2)7-11-13(12(19)8-15)14(17-16-11)9-4-3-5-10(18)6-9/h3-6,18H,7-8H2,1-2H3,(H,16,17). The van der Waals surface area contributed by atoms with Gasteiger partial charge in [0.1, 0.15) is 11.4 Å². The molecular weight excluding hydrogens is 240 g/mol. The average Bonchev–Trinajstić information content (AvgIpc) is 2.71. The quantitative estimate of drug-likeness (QED) is 0.824. The molecule has 0 atom stereocenters. The molecule has 19 heavy (non-hydrogen) atoms. The highest BCUT2D eigenvalue weighted by molar-refractivity contribution is 6.03. The molecule has 0 amide bonds. The number of aromatic nitrogens is 2. The van der Waals surface area contributed by atoms with Crippen molar-refractivity contribution in [1.29, 1.82) is 0 Å². The lowest BCUT2D eigenvalue weighted by Gasteiger charge is -2.27. The number of fused-ring (bicyclic) bond motifs is 1. The van der Waals surface area contributed by atoms with E-state index in [1.165, 1.54) is 0 Å². The number of phenolic OH excluding ortho intramolecular Hbond substituents is 1. The molecule has 0 bridgehead atoms. The van der Waals surface area contributed by atoms with E-state index >= 15 is 0 Å². The SMILES string of the molecule is CC1(C)CC(=O)c2c(-c3cccc(O)c3)n[nH]c2C1. The van der Waals surface area contributed by atoms with Gasteiger partial charge in [-0.25, -0.2) is 0 Å². The number of nitrogens with one attached hydrogen (secondary N) is 1. The van der Waals surface area contributed by atoms with Gasteiger partial charge in [0.2, 0.25) is 0 Å². The number of phenols is 1. The van der Waals surface area contributed by atoms with Crippen molar-refractivity contribution in [3.63, 3.8) is 0 Å². The zero-order valence-electron chi connectivity index (χ0n) is 11.0. The number of carbonyl (C=O) groups is 1. The predicted molar refractivity (Wildman–Crippen MR) is 72.1 cm³/mol. The van der Waals surface area contributed by atoms with Gasteiger partial charge >= 0.3 is 0 Å². The molecule has 0 saturated carbocycles. The van der Waals surface area contributed by atoms with E-state index in [1.807, 2.05) is 6.07 Å². The fraction of sp³-hybridized carbons (Fsp3) is 0.333. The molecule has 3 rings (SSSR count). The summed E-state index contributed by atoms with van der Waals surface area (Å²) in [5, 5.41) is 16.8. The van der Waals surface area contributed by atoms with Crippen LogP contribution < -0.4 is 0 Å². The Kier molecular flexibility index (Phi) is 2.49. The normalized spacial score (nSPS) is 17.3. The Hall–Kier alpha value is -2.10. The highest BCUT2D eigenvalue weighted by Crippen LogP contribution is 2.38. The average molecular weight is 256 g/mol. The van der Waals surface area contributed by atoms with Crippen molar-refractivity contribution in [2.24, 2.45) is 5.41 Å². The van der Waals surface area contributed by atoms with Crippen LogP contribution >= 0.6 is 0 Å². The summed E-state index contributed by atoms with van der Waals surface area (Å²) in [6, 6.07) is 6.84. The van der Waals surface area contributed by atoms with Crippen LogP contribution in [0.5, 0.6) is 5.75 Å². The molecule has 1 heterocycles. The largest absolute Gasteiger partial charge is 0.508 e. The van der Waals surface area contributed by atoms with Crippen LogP contribution in [0.2, 0.25) is 0 Å². The molecule has 1 aliphatic rings. The zero-order chi connectivity index (χ0) is 13.6. The van der Waals surface area contributed by atoms with Crippen molar-refractivity contribution < 1.29 is 9.90 Å². The number of ketones is 1. The van der Waals surface area contributed by atoms with Gasteiger partial charge in [-0.2, -0.15) is 5.10 Å². The molecule has 1 aromatic heterocycles. The number of H-pyrrole nitrogens is 1. The minimum Gasteiger partial charge on any atom is -0.508 e. The lowest BCUT2D eigenvalue weighted by Crippen LogP contribution is -2.26. The molecule has 1 aromatic carbocycles. The molecule has 1 aliphatic carbocycles. The highest BCUT2D eigenvalue weighted by atomic mass is 16.3. The molecule has 0 spiro atoms. The van der Waals surface area contributed by atoms with E-state index in [1.54, 1.807) is 18.2 Å². The van der Waals surface area contributed by atoms with Gasteiger partial charge in [-0.1, -0.05) is 26.0 Å². The third kappa shape index (κ3) is 2.03. The van der Waals surface area contributed by atoms with E-state index in [-0.39, 0.29) is 16.9 Å². The van der Waals surface area contributed by atoms with Crippen LogP contribution in [0.25, 0.3) is 11.3 Å². The second kappa shape index (κ2) is 3.95. The first-order chi connectivity index (χ1) is 8.96. The fourth-order valence-electron chi connectivity index (χ4n) is 2.73. The van der Waals surface area contributed by atoms with Crippen molar-refractivity contribution >= 4 is 5.78 Å². The van der Waals surface area contributed by atoms with E-state index in [0.717, 1.165) is 17.7 Å². The van der Waals surface area contributed by atoms with Crippen LogP contribution in [-0.2, 0) is 6.42 Å². The Labute approximate surface area is 111 Å². The van der Waals surface area contributed by atoms with Gasteiger partial charge in [0, 0.05) is 17.7 Å². The lowest BCUT2D eigenvalue weighted by atomic mass is 9.75. The molecule has 0 unspecified atom stereocenters. The molecule has 0 saturated heterocycles. The van der Waals surface area contributed by atoms with Crippen molar-refractivity contribution in [1.82, 2.24) is 10.2 Å². The first kappa shape index (κ1) is 12.0. The Balaban J connectivity index is 2.12. The number of hydrogen-bond donors (Lipinski definition) is 2. The number of aromatic hydroxyl groups is 1. The van der Waals surface area contributed by atoms with Crippen LogP contribution in [0, 0.1) is 5.41 Å². The maximum atomic E-state index is 12.3. The second-order valence-electron chi connectivity index (χ2n) is 5.92. The van der Waals surface area contributed by atoms with Crippen LogP contribution in [0.1, 0.15) is 36.3 Å². The topological polar surface area (TPSA) is 66.0 Å². The summed E-state index contributed by atoms with van der Waals surface area (Å²) >= 11 is 0. The van der Waals surface area contributed by atoms with Crippen LogP contribution in [0.3, 0.4) is 0 Å². The maximum absolute atomic E-state index is 12.3. The zero-order valence-corrected chi connectivity index (χ0v) is 11.0. The lowest BCUT2D eigenvalue weighted by molar-refractivity contribution is 0.0912. The summed E-state index contributed by atoms with van der Waals surface area (Å²) in [6.07, 6.45) is 1.35. The summed E-state index contributed by atoms with van der Waals surface area (Å²) in [5.41, 5.74) is 2.98. The van der Waals surface area contributed by atoms with Gasteiger partial charge in [-0.3, -0.25) is 9.89 Å². The minimum absolute atomic E-state index is 0.0211. The first-order valence-corrected chi connectivity index (χ1v) is 6.36. The number of rotatable bonds is 1. The molecular formula is C15H16N2O2. The molecule has 98 valence electrons. The molecule has 0 fully saturated rings. The van der Waals surface area contributed by atoms with Gasteiger partial charge in [-0.15, -0.1) is 0 Å². The molecule has 4 nitrogen and oxygen atoms in total. The number of hydrogen-bond acceptors (Lipinski definition) is 3. The third-order valence-electron chi connectivity index (χ3n) is 3.53. The van der Waals surface area contributed by atoms with E-state index in [4.69, 9.17) is 0 Å². The highest BCUT2D eigenvalue weighted by Gasteiger charge is 2.34. The molecule has 0 aliphatic heterocycles. The van der Waals surface area contributed by atoms with Crippen molar-refractivity contribution in [3.8, 4) is 17.0 Å². The van der Waals surface area contributed by atoms with Gasteiger partial charge < -0.3 is 5.11 Å². The summed E-state index contributed by atoms with van der Waals surface area (Å²) in [7, 11) is 0. The second-order valence-corrected chi connectivity index (χ2v) is 5.92. The smallest absolute Gasteiger partial charge is 0.167 e. The summed E-state index contributed by atoms with van der Waals surface area (Å²) in [5.74, 6) is 0.302. The molecule has 0 radical (unpaired) electrons. The summed E-state index contributed by atoms with van der Waals surface area (Å²) < 4.78 is 0. The summed E-state index contributed by atoms with van der Waals surface area (Å²) in [4.78, 5) is 12.3. The monoisotopic (exact) mass is 256 g/mol. The van der Waals surface area contributed by atoms with E-state index in [9.17, 15) is 9.90 Å². The summed E-state index contributed by atoms with van der Waals surface area (Å²) in [6.45, 7) is 4.17.